The molecule has 2 heterocycles. The van der Waals surface area contributed by atoms with Gasteiger partial charge in [-0.15, -0.1) is 23.5 Å². The van der Waals surface area contributed by atoms with E-state index in [0.717, 1.165) is 30.6 Å². The lowest BCUT2D eigenvalue weighted by atomic mass is 9.96. The molecule has 2 fully saturated rings. The van der Waals surface area contributed by atoms with E-state index in [4.69, 9.17) is 4.74 Å². The van der Waals surface area contributed by atoms with Crippen LogP contribution in [0.2, 0.25) is 0 Å². The number of thioether (sulfide) groups is 2. The Bertz CT molecular complexity index is 1930. The standard InChI is InChI=1S/C24H32N2O3S2.C23H36N2O3S/c1-4-16-24(2,3)30-21-12-10-20(11-13-21)25-23(27)19-14-17-26(18-15-19)31(28,29)22-8-6-5-7-9-22;1-7-14-23(5,6)29-19-10-8-18(9-11-19)24-20(26)17-12-15-25(16-13-17)21(27)28-22(2,3)4/h5-13,19H,4,14-18H2,1-3H3,(H,25,27);8-11,17H,7,12-16H2,1-6H3,(H,24,26). The first-order chi connectivity index (χ1) is 28.2. The summed E-state index contributed by atoms with van der Waals surface area (Å²) in [6.07, 6.45) is 6.70. The van der Waals surface area contributed by atoms with Gasteiger partial charge in [-0.2, -0.15) is 4.31 Å². The van der Waals surface area contributed by atoms with E-state index in [9.17, 15) is 22.8 Å². The highest BCUT2D eigenvalue weighted by molar-refractivity contribution is 8.00. The highest BCUT2D eigenvalue weighted by Gasteiger charge is 2.33. The van der Waals surface area contributed by atoms with Gasteiger partial charge in [-0.1, -0.05) is 72.6 Å². The molecule has 0 saturated carbocycles. The van der Waals surface area contributed by atoms with Crippen molar-refractivity contribution in [2.45, 2.75) is 143 Å². The monoisotopic (exact) mass is 880 g/mol. The van der Waals surface area contributed by atoms with Gasteiger partial charge in [0.2, 0.25) is 21.8 Å². The summed E-state index contributed by atoms with van der Waals surface area (Å²) in [6, 6.07) is 24.5. The normalized spacial score (nSPS) is 16.1. The molecule has 3 amide bonds. The highest BCUT2D eigenvalue weighted by atomic mass is 32.2. The number of hydrogen-bond acceptors (Lipinski definition) is 8. The van der Waals surface area contributed by atoms with Gasteiger partial charge in [-0.3, -0.25) is 9.59 Å². The van der Waals surface area contributed by atoms with E-state index in [1.165, 1.54) is 20.5 Å². The number of carbonyl (C=O) groups is 3. The van der Waals surface area contributed by atoms with Crippen molar-refractivity contribution in [2.24, 2.45) is 11.8 Å². The average Bonchev–Trinajstić information content (AvgIpc) is 3.19. The van der Waals surface area contributed by atoms with Gasteiger partial charge in [0.05, 0.1) is 4.90 Å². The molecule has 0 aromatic heterocycles. The fraction of sp³-hybridized carbons (Fsp3) is 0.553. The number of nitrogens with one attached hydrogen (secondary N) is 2. The molecule has 0 unspecified atom stereocenters. The Morgan fingerprint density at radius 1 is 0.633 bits per heavy atom. The predicted molar refractivity (Wildman–Crippen MR) is 248 cm³/mol. The number of sulfonamides is 1. The lowest BCUT2D eigenvalue weighted by molar-refractivity contribution is -0.121. The first-order valence-corrected chi connectivity index (χ1v) is 24.5. The van der Waals surface area contributed by atoms with E-state index >= 15 is 0 Å². The van der Waals surface area contributed by atoms with Gasteiger partial charge in [0.1, 0.15) is 5.60 Å². The van der Waals surface area contributed by atoms with E-state index in [1.807, 2.05) is 80.7 Å². The lowest BCUT2D eigenvalue weighted by Gasteiger charge is -2.32. The van der Waals surface area contributed by atoms with E-state index in [-0.39, 0.29) is 39.2 Å². The second-order valence-corrected chi connectivity index (χ2v) is 23.5. The first kappa shape index (κ1) is 49.1. The Morgan fingerprint density at radius 2 is 1.03 bits per heavy atom. The van der Waals surface area contributed by atoms with E-state index in [0.29, 0.717) is 56.8 Å². The third-order valence-corrected chi connectivity index (χ3v) is 14.9. The Kier molecular flexibility index (Phi) is 18.0. The SMILES string of the molecule is CCCC(C)(C)Sc1ccc(NC(=O)C2CCN(C(=O)OC(C)(C)C)CC2)cc1.CCCC(C)(C)Sc1ccc(NC(=O)C2CCN(S(=O)(=O)c3ccccc3)CC2)cc1. The molecule has 0 spiro atoms. The van der Waals surface area contributed by atoms with Crippen LogP contribution in [0.3, 0.4) is 0 Å². The Balaban J connectivity index is 0.000000265. The zero-order valence-corrected chi connectivity index (χ0v) is 39.7. The first-order valence-electron chi connectivity index (χ1n) is 21.4. The fourth-order valence-corrected chi connectivity index (χ4v) is 11.3. The molecule has 60 heavy (non-hydrogen) atoms. The molecule has 13 heteroatoms. The second kappa shape index (κ2) is 22.0. The molecule has 2 N–H and O–H groups in total. The second-order valence-electron chi connectivity index (χ2n) is 18.0. The van der Waals surface area contributed by atoms with Crippen molar-refractivity contribution in [1.82, 2.24) is 9.21 Å². The molecule has 0 radical (unpaired) electrons. The summed E-state index contributed by atoms with van der Waals surface area (Å²) in [6.45, 7) is 20.8. The van der Waals surface area contributed by atoms with Crippen LogP contribution < -0.4 is 10.6 Å². The number of nitrogens with zero attached hydrogens (tertiary/aromatic N) is 2. The summed E-state index contributed by atoms with van der Waals surface area (Å²) in [5.74, 6) is -0.269. The number of amides is 3. The number of carbonyl (C=O) groups excluding carboxylic acids is 3. The zero-order chi connectivity index (χ0) is 44.1. The van der Waals surface area contributed by atoms with Gasteiger partial charge in [0, 0.05) is 68.7 Å². The molecule has 0 bridgehead atoms. The van der Waals surface area contributed by atoms with Crippen LogP contribution in [0.1, 0.15) is 114 Å². The summed E-state index contributed by atoms with van der Waals surface area (Å²) < 4.78 is 32.8. The molecular weight excluding hydrogens is 813 g/mol. The molecule has 2 saturated heterocycles. The lowest BCUT2D eigenvalue weighted by Crippen LogP contribution is -2.43. The summed E-state index contributed by atoms with van der Waals surface area (Å²) >= 11 is 3.72. The minimum Gasteiger partial charge on any atom is -0.444 e. The van der Waals surface area contributed by atoms with Crippen LogP contribution in [0.25, 0.3) is 0 Å². The molecule has 0 atom stereocenters. The van der Waals surface area contributed by atoms with Crippen molar-refractivity contribution in [3.63, 3.8) is 0 Å². The van der Waals surface area contributed by atoms with Crippen LogP contribution in [-0.4, -0.2) is 76.8 Å². The zero-order valence-electron chi connectivity index (χ0n) is 37.2. The molecular formula is C47H68N4O6S3. The van der Waals surface area contributed by atoms with Gasteiger partial charge in [-0.25, -0.2) is 13.2 Å². The fourth-order valence-electron chi connectivity index (χ4n) is 7.40. The van der Waals surface area contributed by atoms with Crippen molar-refractivity contribution in [3.05, 3.63) is 78.9 Å². The molecule has 330 valence electrons. The van der Waals surface area contributed by atoms with Crippen LogP contribution in [0, 0.1) is 11.8 Å². The van der Waals surface area contributed by atoms with E-state index in [1.54, 1.807) is 35.2 Å². The molecule has 5 rings (SSSR count). The van der Waals surface area contributed by atoms with Crippen LogP contribution in [0.4, 0.5) is 16.2 Å². The Labute approximate surface area is 368 Å². The van der Waals surface area contributed by atoms with Crippen molar-refractivity contribution in [1.29, 1.82) is 0 Å². The van der Waals surface area contributed by atoms with Crippen LogP contribution in [-0.2, 0) is 24.3 Å². The number of ether oxygens (including phenoxy) is 1. The number of piperidine rings is 2. The molecule has 10 nitrogen and oxygen atoms in total. The van der Waals surface area contributed by atoms with Crippen molar-refractivity contribution in [2.75, 3.05) is 36.8 Å². The largest absolute Gasteiger partial charge is 0.444 e. The Hall–Kier alpha value is -3.52. The maximum atomic E-state index is 12.8. The average molecular weight is 881 g/mol. The van der Waals surface area contributed by atoms with Crippen molar-refractivity contribution in [3.8, 4) is 0 Å². The van der Waals surface area contributed by atoms with Crippen molar-refractivity contribution >= 4 is 62.8 Å². The third kappa shape index (κ3) is 15.7. The molecule has 3 aromatic rings. The molecule has 3 aromatic carbocycles. The molecule has 2 aliphatic heterocycles. The topological polar surface area (TPSA) is 125 Å². The van der Waals surface area contributed by atoms with Gasteiger partial charge in [0.25, 0.3) is 0 Å². The van der Waals surface area contributed by atoms with Gasteiger partial charge < -0.3 is 20.3 Å². The number of rotatable bonds is 14. The predicted octanol–water partition coefficient (Wildman–Crippen LogP) is 11.3. The maximum Gasteiger partial charge on any atom is 0.410 e. The molecule has 0 aliphatic carbocycles. The van der Waals surface area contributed by atoms with Gasteiger partial charge in [-0.05, 0) is 120 Å². The number of likely N-dealkylation sites (tertiary alicyclic amines) is 1. The maximum absolute atomic E-state index is 12.8. The smallest absolute Gasteiger partial charge is 0.410 e. The molecule has 2 aliphatic rings. The summed E-state index contributed by atoms with van der Waals surface area (Å²) in [4.78, 5) is 41.9. The van der Waals surface area contributed by atoms with Gasteiger partial charge >= 0.3 is 6.09 Å². The quantitative estimate of drug-likeness (QED) is 0.153. The van der Waals surface area contributed by atoms with Gasteiger partial charge in [0.15, 0.2) is 0 Å². The van der Waals surface area contributed by atoms with Crippen LogP contribution in [0.15, 0.2) is 93.5 Å². The Morgan fingerprint density at radius 3 is 1.42 bits per heavy atom. The summed E-state index contributed by atoms with van der Waals surface area (Å²) in [5.41, 5.74) is 1.10. The highest BCUT2D eigenvalue weighted by Crippen LogP contribution is 2.37. The van der Waals surface area contributed by atoms with E-state index < -0.39 is 15.6 Å². The minimum atomic E-state index is -3.49. The van der Waals surface area contributed by atoms with Crippen LogP contribution >= 0.6 is 23.5 Å². The number of hydrogen-bond donors (Lipinski definition) is 2. The summed E-state index contributed by atoms with van der Waals surface area (Å²) in [7, 11) is -3.49. The van der Waals surface area contributed by atoms with E-state index in [2.05, 4.69) is 64.3 Å². The minimum absolute atomic E-state index is 0.0283. The summed E-state index contributed by atoms with van der Waals surface area (Å²) in [5, 5.41) is 6.02. The third-order valence-electron chi connectivity index (χ3n) is 10.5. The number of benzene rings is 3. The van der Waals surface area contributed by atoms with Crippen molar-refractivity contribution < 1.29 is 27.5 Å². The number of anilines is 2. The van der Waals surface area contributed by atoms with Crippen LogP contribution in [0.5, 0.6) is 0 Å².